The lowest BCUT2D eigenvalue weighted by Crippen LogP contribution is -2.14. The molecule has 1 aromatic heterocycles. The van der Waals surface area contributed by atoms with Gasteiger partial charge in [-0.25, -0.2) is 4.99 Å². The van der Waals surface area contributed by atoms with Gasteiger partial charge < -0.3 is 10.4 Å². The number of nitrogens with zero attached hydrogens (tertiary/aromatic N) is 2. The van der Waals surface area contributed by atoms with Gasteiger partial charge in [-0.1, -0.05) is 18.2 Å². The third kappa shape index (κ3) is 1.97. The first-order valence-electron chi connectivity index (χ1n) is 5.43. The highest BCUT2D eigenvalue weighted by molar-refractivity contribution is 6.54. The number of hydrogen-bond acceptors (Lipinski definition) is 5. The molecule has 2 aromatic rings. The van der Waals surface area contributed by atoms with Gasteiger partial charge in [0.15, 0.2) is 0 Å². The molecule has 0 saturated heterocycles. The van der Waals surface area contributed by atoms with Crippen LogP contribution in [0.15, 0.2) is 40.1 Å². The van der Waals surface area contributed by atoms with Crippen LogP contribution in [0.3, 0.4) is 0 Å². The van der Waals surface area contributed by atoms with Crippen molar-refractivity contribution < 1.29 is 9.90 Å². The normalized spacial score (nSPS) is 15.4. The summed E-state index contributed by atoms with van der Waals surface area (Å²) in [7, 11) is 0. The fourth-order valence-corrected chi connectivity index (χ4v) is 1.80. The van der Waals surface area contributed by atoms with Crippen molar-refractivity contribution in [3.8, 4) is 5.88 Å². The van der Waals surface area contributed by atoms with Gasteiger partial charge in [0.1, 0.15) is 5.71 Å². The maximum atomic E-state index is 11.8. The molecule has 0 saturated carbocycles. The van der Waals surface area contributed by atoms with Crippen LogP contribution in [0.1, 0.15) is 5.56 Å². The summed E-state index contributed by atoms with van der Waals surface area (Å²) >= 11 is 0. The number of aliphatic imine (C=N–C) groups is 1. The number of para-hydroxylation sites is 1. The molecule has 94 valence electrons. The fourth-order valence-electron chi connectivity index (χ4n) is 1.80. The minimum Gasteiger partial charge on any atom is -0.493 e. The predicted molar refractivity (Wildman–Crippen MR) is 67.8 cm³/mol. The Kier molecular flexibility index (Phi) is 2.38. The molecule has 1 aliphatic heterocycles. The molecule has 1 aliphatic rings. The van der Waals surface area contributed by atoms with E-state index < -0.39 is 11.4 Å². The van der Waals surface area contributed by atoms with E-state index in [9.17, 15) is 14.7 Å². The van der Waals surface area contributed by atoms with Crippen LogP contribution >= 0.6 is 0 Å². The number of carbonyl (C=O) groups excluding carboxylic acids is 1. The molecule has 19 heavy (non-hydrogen) atoms. The molecule has 1 amide bonds. The van der Waals surface area contributed by atoms with E-state index in [1.165, 1.54) is 0 Å². The van der Waals surface area contributed by atoms with Gasteiger partial charge in [-0.2, -0.15) is 4.98 Å². The van der Waals surface area contributed by atoms with E-state index >= 15 is 0 Å². The minimum atomic E-state index is -0.543. The van der Waals surface area contributed by atoms with Crippen LogP contribution in [0.25, 0.3) is 0 Å². The smallest absolute Gasteiger partial charge is 0.275 e. The molecule has 7 heteroatoms. The summed E-state index contributed by atoms with van der Waals surface area (Å²) in [5, 5.41) is 11.9. The van der Waals surface area contributed by atoms with Gasteiger partial charge in [0.25, 0.3) is 11.5 Å². The largest absolute Gasteiger partial charge is 0.493 e. The van der Waals surface area contributed by atoms with Crippen molar-refractivity contribution >= 4 is 23.3 Å². The van der Waals surface area contributed by atoms with Crippen molar-refractivity contribution in [1.82, 2.24) is 9.97 Å². The number of benzene rings is 1. The van der Waals surface area contributed by atoms with Crippen LogP contribution < -0.4 is 10.9 Å². The van der Waals surface area contributed by atoms with Crippen molar-refractivity contribution in [2.45, 2.75) is 0 Å². The lowest BCUT2D eigenvalue weighted by Gasteiger charge is -1.97. The second-order valence-corrected chi connectivity index (χ2v) is 3.89. The molecule has 0 atom stereocenters. The molecule has 0 fully saturated rings. The van der Waals surface area contributed by atoms with E-state index in [4.69, 9.17) is 0 Å². The van der Waals surface area contributed by atoms with Crippen LogP contribution in [0.2, 0.25) is 0 Å². The zero-order valence-corrected chi connectivity index (χ0v) is 9.54. The second-order valence-electron chi connectivity index (χ2n) is 3.89. The molecule has 0 radical (unpaired) electrons. The molecule has 0 spiro atoms. The number of nitrogens with one attached hydrogen (secondary N) is 2. The van der Waals surface area contributed by atoms with E-state index in [1.807, 2.05) is 0 Å². The number of hydrogen-bond donors (Lipinski definition) is 3. The van der Waals surface area contributed by atoms with Crippen LogP contribution in [-0.2, 0) is 4.79 Å². The zero-order chi connectivity index (χ0) is 13.4. The lowest BCUT2D eigenvalue weighted by molar-refractivity contribution is -0.110. The van der Waals surface area contributed by atoms with Gasteiger partial charge in [0, 0.05) is 5.56 Å². The number of anilines is 1. The van der Waals surface area contributed by atoms with Crippen molar-refractivity contribution in [1.29, 1.82) is 0 Å². The van der Waals surface area contributed by atoms with Gasteiger partial charge in [-0.15, -0.1) is 0 Å². The molecule has 0 aliphatic carbocycles. The number of aromatic hydroxyl groups is 1. The van der Waals surface area contributed by atoms with Crippen LogP contribution in [-0.4, -0.2) is 26.7 Å². The Morgan fingerprint density at radius 1 is 1.21 bits per heavy atom. The highest BCUT2D eigenvalue weighted by Gasteiger charge is 2.25. The number of aromatic amines is 1. The SMILES string of the molecule is O=C1Nc2ccccc2C1=Nc1nc(O)cc(=O)[nH]1. The van der Waals surface area contributed by atoms with Crippen molar-refractivity contribution in [2.75, 3.05) is 5.32 Å². The monoisotopic (exact) mass is 256 g/mol. The van der Waals surface area contributed by atoms with Crippen LogP contribution in [0.5, 0.6) is 5.88 Å². The van der Waals surface area contributed by atoms with Crippen molar-refractivity contribution in [3.63, 3.8) is 0 Å². The van der Waals surface area contributed by atoms with E-state index in [-0.39, 0.29) is 17.6 Å². The highest BCUT2D eigenvalue weighted by Crippen LogP contribution is 2.24. The molecular formula is C12H8N4O3. The Hall–Kier alpha value is -2.96. The van der Waals surface area contributed by atoms with Crippen LogP contribution in [0.4, 0.5) is 11.6 Å². The number of fused-ring (bicyclic) bond motifs is 1. The predicted octanol–water partition coefficient (Wildman–Crippen LogP) is 0.548. The second kappa shape index (κ2) is 4.05. The Morgan fingerprint density at radius 3 is 2.79 bits per heavy atom. The number of rotatable bonds is 1. The van der Waals surface area contributed by atoms with Gasteiger partial charge in [-0.05, 0) is 6.07 Å². The Bertz CT molecular complexity index is 764. The van der Waals surface area contributed by atoms with Crippen LogP contribution in [0, 0.1) is 0 Å². The van der Waals surface area contributed by atoms with E-state index in [0.717, 1.165) is 6.07 Å². The molecule has 3 rings (SSSR count). The maximum absolute atomic E-state index is 11.8. The summed E-state index contributed by atoms with van der Waals surface area (Å²) in [5.41, 5.74) is 0.870. The minimum absolute atomic E-state index is 0.119. The van der Waals surface area contributed by atoms with Crippen molar-refractivity contribution in [3.05, 3.63) is 46.2 Å². The van der Waals surface area contributed by atoms with Crippen molar-refractivity contribution in [2.24, 2.45) is 4.99 Å². The molecule has 0 unspecified atom stereocenters. The molecule has 2 heterocycles. The quantitative estimate of drug-likeness (QED) is 0.692. The van der Waals surface area contributed by atoms with E-state index in [1.54, 1.807) is 24.3 Å². The number of carbonyl (C=O) groups is 1. The Labute approximate surface area is 106 Å². The van der Waals surface area contributed by atoms with Gasteiger partial charge in [0.05, 0.1) is 11.8 Å². The molecule has 1 aromatic carbocycles. The summed E-state index contributed by atoms with van der Waals surface area (Å²) in [6.45, 7) is 0. The molecule has 0 bridgehead atoms. The van der Waals surface area contributed by atoms with Gasteiger partial charge in [-0.3, -0.25) is 14.6 Å². The van der Waals surface area contributed by atoms with Gasteiger partial charge in [0.2, 0.25) is 11.8 Å². The highest BCUT2D eigenvalue weighted by atomic mass is 16.3. The first-order valence-corrected chi connectivity index (χ1v) is 5.43. The number of aromatic nitrogens is 2. The fraction of sp³-hybridized carbons (Fsp3) is 0. The van der Waals surface area contributed by atoms with E-state index in [2.05, 4.69) is 20.3 Å². The first-order chi connectivity index (χ1) is 9.13. The molecular weight excluding hydrogens is 248 g/mol. The third-order valence-corrected chi connectivity index (χ3v) is 2.58. The lowest BCUT2D eigenvalue weighted by atomic mass is 10.1. The molecule has 3 N–H and O–H groups in total. The van der Waals surface area contributed by atoms with Gasteiger partial charge >= 0.3 is 0 Å². The summed E-state index contributed by atoms with van der Waals surface area (Å²) < 4.78 is 0. The summed E-state index contributed by atoms with van der Waals surface area (Å²) in [4.78, 5) is 32.9. The average molecular weight is 256 g/mol. The summed E-state index contributed by atoms with van der Waals surface area (Å²) in [5.74, 6) is -0.950. The Balaban J connectivity index is 2.14. The molecule has 7 nitrogen and oxygen atoms in total. The average Bonchev–Trinajstić information content (AvgIpc) is 2.65. The third-order valence-electron chi connectivity index (χ3n) is 2.58. The standard InChI is InChI=1S/C12H8N4O3/c17-8-5-9(18)15-12(14-8)16-10-6-3-1-2-4-7(6)13-11(10)19/h1-5H,(H3,13,14,15,16,17,18,19). The summed E-state index contributed by atoms with van der Waals surface area (Å²) in [6.07, 6.45) is 0. The zero-order valence-electron chi connectivity index (χ0n) is 9.54. The maximum Gasteiger partial charge on any atom is 0.275 e. The summed E-state index contributed by atoms with van der Waals surface area (Å²) in [6, 6.07) is 7.96. The Morgan fingerprint density at radius 2 is 2.00 bits per heavy atom. The number of H-pyrrole nitrogens is 1. The topological polar surface area (TPSA) is 107 Å². The first kappa shape index (κ1) is 11.1. The number of amides is 1. The van der Waals surface area contributed by atoms with E-state index in [0.29, 0.717) is 11.3 Å².